The molecule has 3 rings (SSSR count). The third-order valence-corrected chi connectivity index (χ3v) is 3.79. The van der Waals surface area contributed by atoms with E-state index in [1.807, 2.05) is 22.7 Å². The minimum absolute atomic E-state index is 1.37. The summed E-state index contributed by atoms with van der Waals surface area (Å²) in [5.74, 6) is 0. The first-order chi connectivity index (χ1) is 5.93. The average molecular weight is 190 g/mol. The second kappa shape index (κ2) is 2.31. The molecule has 2 heterocycles. The standard InChI is InChI=1S/C10H6S2/c1-3-11-9-6-8-2-4-12-10(8)5-7(1)9/h1-6H. The van der Waals surface area contributed by atoms with E-state index in [4.69, 9.17) is 0 Å². The van der Waals surface area contributed by atoms with Crippen molar-refractivity contribution >= 4 is 42.8 Å². The summed E-state index contributed by atoms with van der Waals surface area (Å²) in [4.78, 5) is 0. The zero-order valence-electron chi connectivity index (χ0n) is 6.28. The topological polar surface area (TPSA) is 0 Å². The van der Waals surface area contributed by atoms with Crippen molar-refractivity contribution < 1.29 is 0 Å². The molecule has 12 heavy (non-hydrogen) atoms. The van der Waals surface area contributed by atoms with Crippen molar-refractivity contribution in [3.63, 3.8) is 0 Å². The van der Waals surface area contributed by atoms with Gasteiger partial charge >= 0.3 is 0 Å². The molecule has 2 aromatic heterocycles. The lowest BCUT2D eigenvalue weighted by molar-refractivity contribution is 2.04. The molecule has 0 nitrogen and oxygen atoms in total. The molecule has 1 aromatic carbocycles. The van der Waals surface area contributed by atoms with Crippen molar-refractivity contribution in [2.45, 2.75) is 0 Å². The normalized spacial score (nSPS) is 11.3. The molecule has 0 saturated carbocycles. The first-order valence-corrected chi connectivity index (χ1v) is 5.54. The highest BCUT2D eigenvalue weighted by atomic mass is 32.1. The van der Waals surface area contributed by atoms with Crippen LogP contribution in [0.25, 0.3) is 20.2 Å². The lowest BCUT2D eigenvalue weighted by Crippen LogP contribution is -1.61. The van der Waals surface area contributed by atoms with Crippen LogP contribution >= 0.6 is 22.7 Å². The van der Waals surface area contributed by atoms with Crippen molar-refractivity contribution in [2.24, 2.45) is 0 Å². The molecule has 0 N–H and O–H groups in total. The third kappa shape index (κ3) is 0.822. The van der Waals surface area contributed by atoms with Crippen LogP contribution in [0.3, 0.4) is 0 Å². The summed E-state index contributed by atoms with van der Waals surface area (Å²) in [7, 11) is 0. The smallest absolute Gasteiger partial charge is 0.0349 e. The maximum Gasteiger partial charge on any atom is 0.0349 e. The van der Waals surface area contributed by atoms with Crippen molar-refractivity contribution in [1.29, 1.82) is 0 Å². The molecule has 0 aliphatic carbocycles. The number of hydrogen-bond donors (Lipinski definition) is 0. The molecule has 2 heteroatoms. The number of hydrogen-bond acceptors (Lipinski definition) is 2. The Hall–Kier alpha value is -0.860. The van der Waals surface area contributed by atoms with Gasteiger partial charge in [0.15, 0.2) is 0 Å². The molecule has 0 spiro atoms. The van der Waals surface area contributed by atoms with E-state index < -0.39 is 0 Å². The van der Waals surface area contributed by atoms with E-state index in [0.29, 0.717) is 0 Å². The van der Waals surface area contributed by atoms with Gasteiger partial charge in [-0.1, -0.05) is 0 Å². The van der Waals surface area contributed by atoms with Crippen molar-refractivity contribution in [2.75, 3.05) is 0 Å². The van der Waals surface area contributed by atoms with Gasteiger partial charge in [0.2, 0.25) is 0 Å². The fraction of sp³-hybridized carbons (Fsp3) is 0. The minimum atomic E-state index is 1.37. The first kappa shape index (κ1) is 6.63. The van der Waals surface area contributed by atoms with Crippen LogP contribution in [0, 0.1) is 0 Å². The van der Waals surface area contributed by atoms with Gasteiger partial charge in [-0.2, -0.15) is 0 Å². The van der Waals surface area contributed by atoms with Crippen molar-refractivity contribution in [3.05, 3.63) is 35.0 Å². The van der Waals surface area contributed by atoms with Crippen LogP contribution in [0.1, 0.15) is 0 Å². The molecule has 0 aliphatic rings. The Labute approximate surface area is 78.1 Å². The van der Waals surface area contributed by atoms with Gasteiger partial charge in [0, 0.05) is 9.40 Å². The highest BCUT2D eigenvalue weighted by Crippen LogP contribution is 2.29. The van der Waals surface area contributed by atoms with Crippen LogP contribution in [0.2, 0.25) is 0 Å². The fourth-order valence-electron chi connectivity index (χ4n) is 1.42. The quantitative estimate of drug-likeness (QED) is 0.500. The van der Waals surface area contributed by atoms with Crippen molar-refractivity contribution in [1.82, 2.24) is 0 Å². The Morgan fingerprint density at radius 3 is 1.75 bits per heavy atom. The van der Waals surface area contributed by atoms with Crippen LogP contribution in [0.15, 0.2) is 35.0 Å². The molecule has 0 bridgehead atoms. The zero-order valence-corrected chi connectivity index (χ0v) is 7.91. The van der Waals surface area contributed by atoms with Crippen LogP contribution < -0.4 is 0 Å². The SMILES string of the molecule is c1cc2cc3sccc3cc2s1. The minimum Gasteiger partial charge on any atom is -0.144 e. The maximum atomic E-state index is 2.27. The molecular formula is C10H6S2. The largest absolute Gasteiger partial charge is 0.144 e. The average Bonchev–Trinajstić information content (AvgIpc) is 2.64. The first-order valence-electron chi connectivity index (χ1n) is 3.78. The van der Waals surface area contributed by atoms with E-state index in [2.05, 4.69) is 35.0 Å². The molecule has 3 aromatic rings. The summed E-state index contributed by atoms with van der Waals surface area (Å²) in [6.45, 7) is 0. The van der Waals surface area contributed by atoms with Gasteiger partial charge in [-0.25, -0.2) is 0 Å². The lowest BCUT2D eigenvalue weighted by atomic mass is 10.2. The Bertz CT molecular complexity index is 440. The highest BCUT2D eigenvalue weighted by Gasteiger charge is 1.98. The molecular weight excluding hydrogens is 184 g/mol. The van der Waals surface area contributed by atoms with Gasteiger partial charge in [0.05, 0.1) is 0 Å². The highest BCUT2D eigenvalue weighted by molar-refractivity contribution is 7.18. The molecule has 0 amide bonds. The predicted octanol–water partition coefficient (Wildman–Crippen LogP) is 4.12. The summed E-state index contributed by atoms with van der Waals surface area (Å²) >= 11 is 3.62. The second-order valence-corrected chi connectivity index (χ2v) is 4.66. The number of thiophene rings is 2. The zero-order chi connectivity index (χ0) is 7.97. The van der Waals surface area contributed by atoms with E-state index in [9.17, 15) is 0 Å². The number of benzene rings is 1. The molecule has 0 fully saturated rings. The molecule has 0 saturated heterocycles. The Morgan fingerprint density at radius 2 is 1.25 bits per heavy atom. The predicted molar refractivity (Wildman–Crippen MR) is 57.2 cm³/mol. The van der Waals surface area contributed by atoms with Crippen LogP contribution in [-0.4, -0.2) is 0 Å². The summed E-state index contributed by atoms with van der Waals surface area (Å²) in [5, 5.41) is 7.03. The molecule has 0 unspecified atom stereocenters. The molecule has 0 atom stereocenters. The van der Waals surface area contributed by atoms with Crippen LogP contribution in [-0.2, 0) is 0 Å². The molecule has 58 valence electrons. The van der Waals surface area contributed by atoms with Gasteiger partial charge in [-0.3, -0.25) is 0 Å². The Morgan fingerprint density at radius 1 is 0.750 bits per heavy atom. The van der Waals surface area contributed by atoms with Gasteiger partial charge in [0.25, 0.3) is 0 Å². The molecule has 0 radical (unpaired) electrons. The lowest BCUT2D eigenvalue weighted by Gasteiger charge is -1.89. The third-order valence-electron chi connectivity index (χ3n) is 2.03. The Kier molecular flexibility index (Phi) is 1.28. The summed E-state index contributed by atoms with van der Waals surface area (Å²) in [5.41, 5.74) is 0. The number of fused-ring (bicyclic) bond motifs is 2. The van der Waals surface area contributed by atoms with Gasteiger partial charge in [0.1, 0.15) is 0 Å². The monoisotopic (exact) mass is 190 g/mol. The van der Waals surface area contributed by atoms with E-state index >= 15 is 0 Å². The van der Waals surface area contributed by atoms with E-state index in [1.54, 1.807) is 0 Å². The van der Waals surface area contributed by atoms with Gasteiger partial charge in [-0.05, 0) is 45.8 Å². The number of rotatable bonds is 0. The van der Waals surface area contributed by atoms with Crippen LogP contribution in [0.5, 0.6) is 0 Å². The Balaban J connectivity index is 2.62. The fourth-order valence-corrected chi connectivity index (χ4v) is 3.06. The van der Waals surface area contributed by atoms with Gasteiger partial charge in [-0.15, -0.1) is 22.7 Å². The maximum absolute atomic E-state index is 2.27. The van der Waals surface area contributed by atoms with Crippen molar-refractivity contribution in [3.8, 4) is 0 Å². The van der Waals surface area contributed by atoms with Gasteiger partial charge < -0.3 is 0 Å². The van der Waals surface area contributed by atoms with E-state index in [-0.39, 0.29) is 0 Å². The summed E-state index contributed by atoms with van der Waals surface area (Å²) in [6, 6.07) is 8.90. The van der Waals surface area contributed by atoms with E-state index in [0.717, 1.165) is 0 Å². The summed E-state index contributed by atoms with van der Waals surface area (Å²) in [6.07, 6.45) is 0. The second-order valence-electron chi connectivity index (χ2n) is 2.77. The van der Waals surface area contributed by atoms with Crippen LogP contribution in [0.4, 0.5) is 0 Å². The molecule has 0 aliphatic heterocycles. The van der Waals surface area contributed by atoms with E-state index in [1.165, 1.54) is 20.2 Å². The summed E-state index contributed by atoms with van der Waals surface area (Å²) < 4.78 is 2.78.